The van der Waals surface area contributed by atoms with Crippen LogP contribution < -0.4 is 14.0 Å². The Balaban J connectivity index is 1.73. The molecule has 0 aliphatic rings. The Morgan fingerprint density at radius 2 is 1.90 bits per heavy atom. The van der Waals surface area contributed by atoms with Crippen molar-refractivity contribution in [2.24, 2.45) is 0 Å². The number of nitrogens with two attached hydrogens (primary N) is 1. The molecule has 0 saturated carbocycles. The van der Waals surface area contributed by atoms with Gasteiger partial charge in [0.1, 0.15) is 0 Å². The van der Waals surface area contributed by atoms with Gasteiger partial charge in [-0.15, -0.1) is 0 Å². The molecule has 0 saturated heterocycles. The molecule has 7 nitrogen and oxygen atoms in total. The second-order valence-corrected chi connectivity index (χ2v) is 30.0. The average molecular weight is 534 g/mol. The second kappa shape index (κ2) is 9.23. The molecule has 0 spiro atoms. The van der Waals surface area contributed by atoms with E-state index < -0.39 is 26.5 Å². The number of nitrogen functional groups attached to an aromatic ring is 1. The number of rotatable bonds is 9. The molecule has 0 fully saturated rings. The summed E-state index contributed by atoms with van der Waals surface area (Å²) in [5, 5.41) is 0. The van der Waals surface area contributed by atoms with Gasteiger partial charge in [0, 0.05) is 8.07 Å². The summed E-state index contributed by atoms with van der Waals surface area (Å²) in [5.74, 6) is 0.573. The minimum absolute atomic E-state index is 0.168. The van der Waals surface area contributed by atoms with E-state index in [1.807, 2.05) is 4.57 Å². The fourth-order valence-electron chi connectivity index (χ4n) is 2.95. The van der Waals surface area contributed by atoms with Crippen LogP contribution in [0.3, 0.4) is 0 Å². The molecule has 1 aromatic carbocycles. The molecule has 0 unspecified atom stereocenters. The van der Waals surface area contributed by atoms with Gasteiger partial charge in [0.2, 0.25) is 0 Å². The molecule has 0 amide bonds. The summed E-state index contributed by atoms with van der Waals surface area (Å²) in [7, 11) is -1.12. The van der Waals surface area contributed by atoms with E-state index in [9.17, 15) is 0 Å². The number of benzene rings is 1. The third kappa shape index (κ3) is 6.18. The maximum absolute atomic E-state index is 6.02. The van der Waals surface area contributed by atoms with Crippen LogP contribution in [-0.2, 0) is 18.1 Å². The Kier molecular flexibility index (Phi) is 7.08. The fraction of sp³-hybridized carbons (Fsp3) is 0.476. The van der Waals surface area contributed by atoms with Crippen molar-refractivity contribution >= 4 is 47.1 Å². The Bertz CT molecular complexity index is 1010. The fourth-order valence-corrected chi connectivity index (χ4v) is 7.17. The standard InChI is InChI=1S/C18H24N5O2Si.3CH3.Sn/c1-26(2,3)10-9-24-13-23-12-20-15-16(23)21-18(19)22-17(15)25-11-14-7-5-4-6-8-14;;;;/h4-5,7-8,12H,9-11,13H2,1-3H3,(H2,19,21,22);3*1H3;. The van der Waals surface area contributed by atoms with Crippen molar-refractivity contribution in [1.82, 2.24) is 19.5 Å². The van der Waals surface area contributed by atoms with E-state index in [2.05, 4.69) is 73.7 Å². The average Bonchev–Trinajstić information content (AvgIpc) is 3.05. The minimum atomic E-state index is -2.13. The van der Waals surface area contributed by atoms with Crippen LogP contribution in [-0.4, -0.2) is 52.6 Å². The monoisotopic (exact) mass is 535 g/mol. The molecule has 3 aromatic rings. The van der Waals surface area contributed by atoms with Crippen molar-refractivity contribution in [3.63, 3.8) is 0 Å². The zero-order chi connectivity index (χ0) is 21.9. The second-order valence-electron chi connectivity index (χ2n) is 9.86. The molecule has 162 valence electrons. The van der Waals surface area contributed by atoms with E-state index in [-0.39, 0.29) is 5.95 Å². The Hall–Kier alpha value is -1.65. The number of anilines is 1. The van der Waals surface area contributed by atoms with Crippen molar-refractivity contribution in [2.75, 3.05) is 12.3 Å². The van der Waals surface area contributed by atoms with Gasteiger partial charge < -0.3 is 0 Å². The van der Waals surface area contributed by atoms with Gasteiger partial charge in [0.25, 0.3) is 0 Å². The molecular formula is C21H33N5O2SiSn. The molecule has 9 heteroatoms. The van der Waals surface area contributed by atoms with Crippen molar-refractivity contribution in [2.45, 2.75) is 53.8 Å². The van der Waals surface area contributed by atoms with Crippen LogP contribution in [0.15, 0.2) is 30.6 Å². The number of imidazole rings is 1. The number of nitrogens with zero attached hydrogens (tertiary/aromatic N) is 4. The van der Waals surface area contributed by atoms with E-state index in [1.54, 1.807) is 6.33 Å². The van der Waals surface area contributed by atoms with E-state index in [0.717, 1.165) is 18.2 Å². The Morgan fingerprint density at radius 1 is 1.13 bits per heavy atom. The van der Waals surface area contributed by atoms with E-state index in [0.29, 0.717) is 30.4 Å². The van der Waals surface area contributed by atoms with Gasteiger partial charge >= 0.3 is 151 Å². The van der Waals surface area contributed by atoms with Crippen molar-refractivity contribution in [3.8, 4) is 5.88 Å². The summed E-state index contributed by atoms with van der Waals surface area (Å²) >= 11 is -2.13. The first-order valence-electron chi connectivity index (χ1n) is 10.3. The third-order valence-corrected chi connectivity index (χ3v) is 12.4. The molecule has 2 N–H and O–H groups in total. The summed E-state index contributed by atoms with van der Waals surface area (Å²) in [6.45, 7) is 8.54. The number of fused-ring (bicyclic) bond motifs is 1. The quantitative estimate of drug-likeness (QED) is 0.332. The Labute approximate surface area is 183 Å². The van der Waals surface area contributed by atoms with Crippen molar-refractivity contribution < 1.29 is 9.47 Å². The molecule has 2 heterocycles. The van der Waals surface area contributed by atoms with Crippen LogP contribution in [0.1, 0.15) is 5.56 Å². The van der Waals surface area contributed by atoms with Crippen molar-refractivity contribution in [3.05, 3.63) is 36.2 Å². The van der Waals surface area contributed by atoms with Gasteiger partial charge in [0.15, 0.2) is 0 Å². The van der Waals surface area contributed by atoms with Gasteiger partial charge in [-0.25, -0.2) is 0 Å². The Morgan fingerprint density at radius 3 is 2.60 bits per heavy atom. The van der Waals surface area contributed by atoms with Gasteiger partial charge in [-0.1, -0.05) is 19.6 Å². The van der Waals surface area contributed by atoms with E-state index in [4.69, 9.17) is 15.2 Å². The van der Waals surface area contributed by atoms with E-state index >= 15 is 0 Å². The van der Waals surface area contributed by atoms with Gasteiger partial charge in [-0.05, 0) is 6.04 Å². The summed E-state index contributed by atoms with van der Waals surface area (Å²) in [6.07, 6.45) is 1.70. The van der Waals surface area contributed by atoms with Gasteiger partial charge in [0.05, 0.1) is 0 Å². The SMILES string of the molecule is C[Si](C)(C)CCOCn1cnc2c(OCc3ccc[c]([Sn]([CH3])([CH3])[CH3])c3)nc(N)nc21. The first-order valence-corrected chi connectivity index (χ1v) is 24.0. The molecule has 3 rings (SSSR count). The topological polar surface area (TPSA) is 88.1 Å². The third-order valence-electron chi connectivity index (χ3n) is 4.84. The van der Waals surface area contributed by atoms with Crippen LogP contribution in [0.25, 0.3) is 11.2 Å². The van der Waals surface area contributed by atoms with Gasteiger partial charge in [-0.2, -0.15) is 0 Å². The van der Waals surface area contributed by atoms with Gasteiger partial charge in [-0.3, -0.25) is 0 Å². The van der Waals surface area contributed by atoms with Crippen molar-refractivity contribution in [1.29, 1.82) is 0 Å². The summed E-state index contributed by atoms with van der Waals surface area (Å²) in [5.41, 5.74) is 8.30. The maximum atomic E-state index is 6.02. The predicted molar refractivity (Wildman–Crippen MR) is 128 cm³/mol. The molecule has 0 radical (unpaired) electrons. The van der Waals surface area contributed by atoms with E-state index in [1.165, 1.54) is 3.58 Å². The summed E-state index contributed by atoms with van der Waals surface area (Å²) in [4.78, 5) is 20.3. The predicted octanol–water partition coefficient (Wildman–Crippen LogP) is 3.85. The molecule has 2 aromatic heterocycles. The van der Waals surface area contributed by atoms with Crippen LogP contribution >= 0.6 is 0 Å². The number of aromatic nitrogens is 4. The molecule has 0 aliphatic heterocycles. The zero-order valence-corrected chi connectivity index (χ0v) is 22.8. The zero-order valence-electron chi connectivity index (χ0n) is 18.9. The van der Waals surface area contributed by atoms with Crippen LogP contribution in [0.2, 0.25) is 40.5 Å². The molecular weight excluding hydrogens is 501 g/mol. The molecule has 0 atom stereocenters. The molecule has 0 aliphatic carbocycles. The normalized spacial score (nSPS) is 12.5. The summed E-state index contributed by atoms with van der Waals surface area (Å²) < 4.78 is 15.2. The summed E-state index contributed by atoms with van der Waals surface area (Å²) in [6, 6.07) is 9.77. The molecule has 30 heavy (non-hydrogen) atoms. The van der Waals surface area contributed by atoms with Crippen LogP contribution in [0.4, 0.5) is 5.95 Å². The number of hydrogen-bond donors (Lipinski definition) is 1. The van der Waals surface area contributed by atoms with Crippen LogP contribution in [0.5, 0.6) is 5.88 Å². The molecule has 0 bridgehead atoms. The number of hydrogen-bond acceptors (Lipinski definition) is 6. The first-order chi connectivity index (χ1) is 14.0. The number of ether oxygens (including phenoxy) is 2. The van der Waals surface area contributed by atoms with Crippen LogP contribution in [0, 0.1) is 0 Å². The first kappa shape index (κ1) is 23.0.